The van der Waals surface area contributed by atoms with Crippen molar-refractivity contribution in [2.75, 3.05) is 6.54 Å². The summed E-state index contributed by atoms with van der Waals surface area (Å²) in [5.41, 5.74) is 12.4. The largest absolute Gasteiger partial charge is 0.368 e. The highest BCUT2D eigenvalue weighted by molar-refractivity contribution is 5.80. The van der Waals surface area contributed by atoms with Gasteiger partial charge in [-0.05, 0) is 12.0 Å². The number of likely N-dealkylation sites (tertiary alicyclic amines) is 1. The van der Waals surface area contributed by atoms with Gasteiger partial charge < -0.3 is 11.5 Å². The highest BCUT2D eigenvalue weighted by Gasteiger charge is 2.33. The summed E-state index contributed by atoms with van der Waals surface area (Å²) in [6, 6.07) is 9.89. The molecule has 0 bridgehead atoms. The lowest BCUT2D eigenvalue weighted by atomic mass is 10.1. The molecule has 1 fully saturated rings. The molecule has 1 heterocycles. The summed E-state index contributed by atoms with van der Waals surface area (Å²) < 4.78 is 0. The molecule has 0 radical (unpaired) electrons. The van der Waals surface area contributed by atoms with Gasteiger partial charge in [-0.15, -0.1) is 0 Å². The SMILES string of the molecule is NC(=O)[C@H]1C[C@H](N)CN1Cc1ccccc1. The van der Waals surface area contributed by atoms with Crippen LogP contribution in [0.3, 0.4) is 0 Å². The van der Waals surface area contributed by atoms with E-state index < -0.39 is 0 Å². The van der Waals surface area contributed by atoms with Gasteiger partial charge in [0.15, 0.2) is 0 Å². The molecule has 16 heavy (non-hydrogen) atoms. The van der Waals surface area contributed by atoms with Gasteiger partial charge in [0.05, 0.1) is 6.04 Å². The average Bonchev–Trinajstić information content (AvgIpc) is 2.61. The molecule has 1 aromatic rings. The monoisotopic (exact) mass is 219 g/mol. The van der Waals surface area contributed by atoms with Crippen molar-refractivity contribution in [3.8, 4) is 0 Å². The second kappa shape index (κ2) is 4.63. The van der Waals surface area contributed by atoms with Crippen LogP contribution in [0.1, 0.15) is 12.0 Å². The predicted molar refractivity (Wildman–Crippen MR) is 62.4 cm³/mol. The van der Waals surface area contributed by atoms with Crippen LogP contribution in [0.25, 0.3) is 0 Å². The number of hydrogen-bond donors (Lipinski definition) is 2. The van der Waals surface area contributed by atoms with E-state index >= 15 is 0 Å². The Labute approximate surface area is 95.2 Å². The zero-order valence-electron chi connectivity index (χ0n) is 9.17. The van der Waals surface area contributed by atoms with Crippen molar-refractivity contribution in [1.82, 2.24) is 4.90 Å². The molecule has 0 aromatic heterocycles. The molecule has 1 amide bonds. The summed E-state index contributed by atoms with van der Waals surface area (Å²) in [5.74, 6) is -0.274. The topological polar surface area (TPSA) is 72.3 Å². The van der Waals surface area contributed by atoms with Crippen molar-refractivity contribution < 1.29 is 4.79 Å². The summed E-state index contributed by atoms with van der Waals surface area (Å²) in [6.45, 7) is 1.48. The minimum Gasteiger partial charge on any atom is -0.368 e. The van der Waals surface area contributed by atoms with Gasteiger partial charge in [-0.3, -0.25) is 9.69 Å². The number of benzene rings is 1. The van der Waals surface area contributed by atoms with E-state index in [1.165, 1.54) is 5.56 Å². The maximum atomic E-state index is 11.3. The smallest absolute Gasteiger partial charge is 0.234 e. The van der Waals surface area contributed by atoms with Crippen LogP contribution in [-0.4, -0.2) is 29.4 Å². The number of carbonyl (C=O) groups is 1. The van der Waals surface area contributed by atoms with E-state index in [1.807, 2.05) is 30.3 Å². The molecule has 0 spiro atoms. The van der Waals surface area contributed by atoms with E-state index in [9.17, 15) is 4.79 Å². The van der Waals surface area contributed by atoms with Crippen molar-refractivity contribution in [2.45, 2.75) is 25.0 Å². The Morgan fingerprint density at radius 3 is 2.69 bits per heavy atom. The third-order valence-electron chi connectivity index (χ3n) is 2.99. The second-order valence-electron chi connectivity index (χ2n) is 4.33. The molecule has 2 rings (SSSR count). The normalized spacial score (nSPS) is 25.8. The summed E-state index contributed by atoms with van der Waals surface area (Å²) >= 11 is 0. The second-order valence-corrected chi connectivity index (χ2v) is 4.33. The highest BCUT2D eigenvalue weighted by Crippen LogP contribution is 2.19. The van der Waals surface area contributed by atoms with E-state index in [2.05, 4.69) is 4.90 Å². The summed E-state index contributed by atoms with van der Waals surface area (Å²) in [4.78, 5) is 13.3. The van der Waals surface area contributed by atoms with Crippen LogP contribution in [0.5, 0.6) is 0 Å². The summed E-state index contributed by atoms with van der Waals surface area (Å²) in [5, 5.41) is 0. The molecule has 1 aliphatic rings. The molecule has 4 heteroatoms. The Hall–Kier alpha value is -1.39. The predicted octanol–water partition coefficient (Wildman–Crippen LogP) is 0.0735. The standard InChI is InChI=1S/C12H17N3O/c13-10-6-11(12(14)16)15(8-10)7-9-4-2-1-3-5-9/h1-5,10-11H,6-8,13H2,(H2,14,16)/t10-,11+/m0/s1. The Bertz CT molecular complexity index is 366. The maximum Gasteiger partial charge on any atom is 0.234 e. The molecule has 4 N–H and O–H groups in total. The van der Waals surface area contributed by atoms with Crippen LogP contribution in [0.2, 0.25) is 0 Å². The van der Waals surface area contributed by atoms with Crippen molar-refractivity contribution in [2.24, 2.45) is 11.5 Å². The third-order valence-corrected chi connectivity index (χ3v) is 2.99. The molecule has 2 atom stereocenters. The highest BCUT2D eigenvalue weighted by atomic mass is 16.1. The lowest BCUT2D eigenvalue weighted by molar-refractivity contribution is -0.122. The van der Waals surface area contributed by atoms with Gasteiger partial charge in [0.1, 0.15) is 0 Å². The number of carbonyl (C=O) groups excluding carboxylic acids is 1. The van der Waals surface area contributed by atoms with E-state index in [1.54, 1.807) is 0 Å². The fourth-order valence-corrected chi connectivity index (χ4v) is 2.23. The fourth-order valence-electron chi connectivity index (χ4n) is 2.23. The van der Waals surface area contributed by atoms with Crippen LogP contribution in [0, 0.1) is 0 Å². The Morgan fingerprint density at radius 1 is 1.38 bits per heavy atom. The molecular formula is C12H17N3O. The van der Waals surface area contributed by atoms with E-state index in [0.717, 1.165) is 13.1 Å². The van der Waals surface area contributed by atoms with Gasteiger partial charge in [0, 0.05) is 19.1 Å². The molecule has 1 saturated heterocycles. The van der Waals surface area contributed by atoms with E-state index in [4.69, 9.17) is 11.5 Å². The zero-order valence-corrected chi connectivity index (χ0v) is 9.17. The average molecular weight is 219 g/mol. The van der Waals surface area contributed by atoms with E-state index in [-0.39, 0.29) is 18.0 Å². The van der Waals surface area contributed by atoms with Gasteiger partial charge >= 0.3 is 0 Å². The Morgan fingerprint density at radius 2 is 2.06 bits per heavy atom. The molecule has 0 aliphatic carbocycles. The number of nitrogens with zero attached hydrogens (tertiary/aromatic N) is 1. The molecular weight excluding hydrogens is 202 g/mol. The number of rotatable bonds is 3. The number of hydrogen-bond acceptors (Lipinski definition) is 3. The van der Waals surface area contributed by atoms with Crippen LogP contribution in [0.4, 0.5) is 0 Å². The van der Waals surface area contributed by atoms with Crippen molar-refractivity contribution in [1.29, 1.82) is 0 Å². The molecule has 1 aromatic carbocycles. The van der Waals surface area contributed by atoms with Crippen LogP contribution >= 0.6 is 0 Å². The first-order valence-corrected chi connectivity index (χ1v) is 5.49. The van der Waals surface area contributed by atoms with Gasteiger partial charge in [0.2, 0.25) is 5.91 Å². The minimum atomic E-state index is -0.274. The van der Waals surface area contributed by atoms with Crippen LogP contribution in [0.15, 0.2) is 30.3 Å². The zero-order chi connectivity index (χ0) is 11.5. The molecule has 0 saturated carbocycles. The lowest BCUT2D eigenvalue weighted by Gasteiger charge is -2.21. The summed E-state index contributed by atoms with van der Waals surface area (Å²) in [6.07, 6.45) is 0.669. The lowest BCUT2D eigenvalue weighted by Crippen LogP contribution is -2.39. The third kappa shape index (κ3) is 2.40. The molecule has 1 aliphatic heterocycles. The number of amides is 1. The Balaban J connectivity index is 2.06. The molecule has 86 valence electrons. The molecule has 0 unspecified atom stereocenters. The van der Waals surface area contributed by atoms with Crippen molar-refractivity contribution >= 4 is 5.91 Å². The van der Waals surface area contributed by atoms with Crippen molar-refractivity contribution in [3.63, 3.8) is 0 Å². The van der Waals surface area contributed by atoms with Gasteiger partial charge in [0.25, 0.3) is 0 Å². The van der Waals surface area contributed by atoms with E-state index in [0.29, 0.717) is 6.42 Å². The quantitative estimate of drug-likeness (QED) is 0.756. The number of primary amides is 1. The minimum absolute atomic E-state index is 0.0567. The number of nitrogens with two attached hydrogens (primary N) is 2. The fraction of sp³-hybridized carbons (Fsp3) is 0.417. The first-order chi connectivity index (χ1) is 7.66. The van der Waals surface area contributed by atoms with Crippen LogP contribution in [-0.2, 0) is 11.3 Å². The maximum absolute atomic E-state index is 11.3. The van der Waals surface area contributed by atoms with Gasteiger partial charge in [-0.2, -0.15) is 0 Å². The van der Waals surface area contributed by atoms with Gasteiger partial charge in [-0.25, -0.2) is 0 Å². The first kappa shape index (κ1) is 11.1. The summed E-state index contributed by atoms with van der Waals surface area (Å²) in [7, 11) is 0. The van der Waals surface area contributed by atoms with Crippen molar-refractivity contribution in [3.05, 3.63) is 35.9 Å². The first-order valence-electron chi connectivity index (χ1n) is 5.49. The van der Waals surface area contributed by atoms with Gasteiger partial charge in [-0.1, -0.05) is 30.3 Å². The Kier molecular flexibility index (Phi) is 3.22. The molecule has 4 nitrogen and oxygen atoms in total. The van der Waals surface area contributed by atoms with Crippen LogP contribution < -0.4 is 11.5 Å².